The summed E-state index contributed by atoms with van der Waals surface area (Å²) in [5, 5.41) is 38.5. The van der Waals surface area contributed by atoms with Gasteiger partial charge in [0.2, 0.25) is 0 Å². The standard InChI is InChI=1S/C19H30O7/c1-12(2)25-14-8-6-13(7-9-14)5-3-4-10-24-19-18(23)17(22)16(21)15(11-20)26-19/h6-9,12,15-23H,3-5,10-11H2,1-2H3. The molecule has 1 aromatic rings. The van der Waals surface area contributed by atoms with Crippen LogP contribution in [0.5, 0.6) is 5.75 Å². The Morgan fingerprint density at radius 2 is 1.69 bits per heavy atom. The van der Waals surface area contributed by atoms with E-state index in [1.807, 2.05) is 38.1 Å². The lowest BCUT2D eigenvalue weighted by Gasteiger charge is -2.39. The van der Waals surface area contributed by atoms with Gasteiger partial charge in [0.15, 0.2) is 6.29 Å². The molecule has 0 aliphatic carbocycles. The minimum absolute atomic E-state index is 0.153. The average molecular weight is 370 g/mol. The number of aliphatic hydroxyl groups is 4. The Morgan fingerprint density at radius 3 is 2.31 bits per heavy atom. The van der Waals surface area contributed by atoms with Crippen LogP contribution >= 0.6 is 0 Å². The minimum atomic E-state index is -1.41. The lowest BCUT2D eigenvalue weighted by molar-refractivity contribution is -0.301. The van der Waals surface area contributed by atoms with E-state index in [0.29, 0.717) is 6.61 Å². The van der Waals surface area contributed by atoms with Crippen LogP contribution < -0.4 is 4.74 Å². The van der Waals surface area contributed by atoms with Gasteiger partial charge < -0.3 is 34.6 Å². The van der Waals surface area contributed by atoms with Crippen LogP contribution in [-0.4, -0.2) is 70.4 Å². The molecular formula is C19H30O7. The van der Waals surface area contributed by atoms with Crippen molar-refractivity contribution in [2.45, 2.75) is 69.9 Å². The van der Waals surface area contributed by atoms with Crippen molar-refractivity contribution in [2.75, 3.05) is 13.2 Å². The largest absolute Gasteiger partial charge is 0.491 e. The van der Waals surface area contributed by atoms with Crippen LogP contribution in [0.4, 0.5) is 0 Å². The van der Waals surface area contributed by atoms with Crippen molar-refractivity contribution >= 4 is 0 Å². The van der Waals surface area contributed by atoms with Gasteiger partial charge in [-0.15, -0.1) is 0 Å². The summed E-state index contributed by atoms with van der Waals surface area (Å²) in [4.78, 5) is 0. The zero-order valence-corrected chi connectivity index (χ0v) is 15.3. The molecule has 0 amide bonds. The van der Waals surface area contributed by atoms with Gasteiger partial charge in [-0.1, -0.05) is 12.1 Å². The van der Waals surface area contributed by atoms with E-state index in [1.165, 1.54) is 5.56 Å². The van der Waals surface area contributed by atoms with E-state index in [2.05, 4.69) is 0 Å². The second-order valence-electron chi connectivity index (χ2n) is 6.84. The molecule has 4 N–H and O–H groups in total. The molecule has 0 radical (unpaired) electrons. The van der Waals surface area contributed by atoms with Crippen LogP contribution in [0.2, 0.25) is 0 Å². The number of benzene rings is 1. The van der Waals surface area contributed by atoms with Crippen molar-refractivity contribution in [1.82, 2.24) is 0 Å². The zero-order valence-electron chi connectivity index (χ0n) is 15.3. The SMILES string of the molecule is CC(C)Oc1ccc(CCCCOC2OC(CO)C(O)C(O)C2O)cc1. The molecule has 7 heteroatoms. The second kappa shape index (κ2) is 10.2. The van der Waals surface area contributed by atoms with Crippen LogP contribution in [0.3, 0.4) is 0 Å². The fourth-order valence-corrected chi connectivity index (χ4v) is 2.84. The summed E-state index contributed by atoms with van der Waals surface area (Å²) < 4.78 is 16.4. The Labute approximate surface area is 154 Å². The molecule has 1 saturated heterocycles. The van der Waals surface area contributed by atoms with Gasteiger partial charge in [-0.25, -0.2) is 0 Å². The third kappa shape index (κ3) is 5.90. The first-order valence-corrected chi connectivity index (χ1v) is 9.10. The predicted molar refractivity (Wildman–Crippen MR) is 94.9 cm³/mol. The molecule has 148 valence electrons. The van der Waals surface area contributed by atoms with E-state index in [0.717, 1.165) is 25.0 Å². The van der Waals surface area contributed by atoms with Crippen LogP contribution in [0.1, 0.15) is 32.3 Å². The van der Waals surface area contributed by atoms with Crippen molar-refractivity contribution < 1.29 is 34.6 Å². The summed E-state index contributed by atoms with van der Waals surface area (Å²) in [6, 6.07) is 7.99. The Hall–Kier alpha value is -1.22. The maximum Gasteiger partial charge on any atom is 0.186 e. The summed E-state index contributed by atoms with van der Waals surface area (Å²) in [5.74, 6) is 0.856. The molecule has 1 fully saturated rings. The maximum absolute atomic E-state index is 9.89. The van der Waals surface area contributed by atoms with Crippen LogP contribution in [0.25, 0.3) is 0 Å². The highest BCUT2D eigenvalue weighted by atomic mass is 16.7. The third-order valence-corrected chi connectivity index (χ3v) is 4.29. The smallest absolute Gasteiger partial charge is 0.186 e. The number of ether oxygens (including phenoxy) is 3. The highest BCUT2D eigenvalue weighted by Gasteiger charge is 2.43. The number of rotatable bonds is 9. The van der Waals surface area contributed by atoms with E-state index in [9.17, 15) is 15.3 Å². The maximum atomic E-state index is 9.89. The normalized spacial score (nSPS) is 29.1. The predicted octanol–water partition coefficient (Wildman–Crippen LogP) is 0.613. The first-order valence-electron chi connectivity index (χ1n) is 9.10. The van der Waals surface area contributed by atoms with Crippen molar-refractivity contribution in [3.05, 3.63) is 29.8 Å². The average Bonchev–Trinajstić information content (AvgIpc) is 2.62. The highest BCUT2D eigenvalue weighted by Crippen LogP contribution is 2.22. The summed E-state index contributed by atoms with van der Waals surface area (Å²) in [6.45, 7) is 3.87. The first-order chi connectivity index (χ1) is 12.4. The second-order valence-corrected chi connectivity index (χ2v) is 6.84. The van der Waals surface area contributed by atoms with E-state index >= 15 is 0 Å². The van der Waals surface area contributed by atoms with Crippen LogP contribution in [0, 0.1) is 0 Å². The fourth-order valence-electron chi connectivity index (χ4n) is 2.84. The number of hydrogen-bond donors (Lipinski definition) is 4. The number of aryl methyl sites for hydroxylation is 1. The summed E-state index contributed by atoms with van der Waals surface area (Å²) in [7, 11) is 0. The molecule has 26 heavy (non-hydrogen) atoms. The Balaban J connectivity index is 1.68. The molecule has 1 heterocycles. The van der Waals surface area contributed by atoms with Crippen molar-refractivity contribution in [1.29, 1.82) is 0 Å². The van der Waals surface area contributed by atoms with E-state index in [4.69, 9.17) is 19.3 Å². The first kappa shape index (κ1) is 21.1. The summed E-state index contributed by atoms with van der Waals surface area (Å²) in [5.41, 5.74) is 1.20. The summed E-state index contributed by atoms with van der Waals surface area (Å²) >= 11 is 0. The van der Waals surface area contributed by atoms with Crippen molar-refractivity contribution in [3.8, 4) is 5.75 Å². The highest BCUT2D eigenvalue weighted by molar-refractivity contribution is 5.27. The van der Waals surface area contributed by atoms with Crippen LogP contribution in [0.15, 0.2) is 24.3 Å². The molecule has 5 atom stereocenters. The Bertz CT molecular complexity index is 517. The Kier molecular flexibility index (Phi) is 8.27. The number of unbranched alkanes of at least 4 members (excludes halogenated alkanes) is 1. The van der Waals surface area contributed by atoms with Gasteiger partial charge in [-0.3, -0.25) is 0 Å². The van der Waals surface area contributed by atoms with E-state index in [1.54, 1.807) is 0 Å². The van der Waals surface area contributed by atoms with E-state index < -0.39 is 37.3 Å². The molecule has 0 bridgehead atoms. The van der Waals surface area contributed by atoms with Gasteiger partial charge in [-0.2, -0.15) is 0 Å². The lowest BCUT2D eigenvalue weighted by Crippen LogP contribution is -2.59. The monoisotopic (exact) mass is 370 g/mol. The van der Waals surface area contributed by atoms with Gasteiger partial charge in [-0.05, 0) is 50.8 Å². The van der Waals surface area contributed by atoms with Crippen molar-refractivity contribution in [3.63, 3.8) is 0 Å². The topological polar surface area (TPSA) is 109 Å². The third-order valence-electron chi connectivity index (χ3n) is 4.29. The molecule has 2 rings (SSSR count). The summed E-state index contributed by atoms with van der Waals surface area (Å²) in [6.07, 6.45) is -3.43. The van der Waals surface area contributed by atoms with E-state index in [-0.39, 0.29) is 6.10 Å². The minimum Gasteiger partial charge on any atom is -0.491 e. The molecular weight excluding hydrogens is 340 g/mol. The van der Waals surface area contributed by atoms with Crippen LogP contribution in [-0.2, 0) is 15.9 Å². The van der Waals surface area contributed by atoms with Gasteiger partial charge in [0.05, 0.1) is 12.7 Å². The van der Waals surface area contributed by atoms with Gasteiger partial charge in [0.1, 0.15) is 30.2 Å². The molecule has 0 saturated carbocycles. The zero-order chi connectivity index (χ0) is 19.1. The van der Waals surface area contributed by atoms with Crippen molar-refractivity contribution in [2.24, 2.45) is 0 Å². The molecule has 5 unspecified atom stereocenters. The molecule has 1 aliphatic heterocycles. The van der Waals surface area contributed by atoms with Gasteiger partial charge in [0.25, 0.3) is 0 Å². The number of hydrogen-bond acceptors (Lipinski definition) is 7. The molecule has 0 aromatic heterocycles. The fraction of sp³-hybridized carbons (Fsp3) is 0.684. The van der Waals surface area contributed by atoms with Gasteiger partial charge in [0, 0.05) is 6.61 Å². The molecule has 1 aromatic carbocycles. The lowest BCUT2D eigenvalue weighted by atomic mass is 9.99. The molecule has 0 spiro atoms. The molecule has 1 aliphatic rings. The molecule has 7 nitrogen and oxygen atoms in total. The van der Waals surface area contributed by atoms with Gasteiger partial charge >= 0.3 is 0 Å². The Morgan fingerprint density at radius 1 is 1.00 bits per heavy atom. The quantitative estimate of drug-likeness (QED) is 0.472. The number of aliphatic hydroxyl groups excluding tert-OH is 4.